The Morgan fingerprint density at radius 3 is 2.67 bits per heavy atom. The van der Waals surface area contributed by atoms with Crippen LogP contribution in [0.25, 0.3) is 0 Å². The Balaban J connectivity index is 1.58. The van der Waals surface area contributed by atoms with E-state index in [-0.39, 0.29) is 12.6 Å². The maximum absolute atomic E-state index is 12.2. The van der Waals surface area contributed by atoms with E-state index in [1.165, 1.54) is 11.3 Å². The van der Waals surface area contributed by atoms with Gasteiger partial charge in [-0.25, -0.2) is 4.68 Å². The topological polar surface area (TPSA) is 56.2 Å². The highest BCUT2D eigenvalue weighted by Crippen LogP contribution is 2.32. The van der Waals surface area contributed by atoms with Crippen LogP contribution < -0.4 is 10.1 Å². The molecule has 0 aliphatic heterocycles. The van der Waals surface area contributed by atoms with Crippen molar-refractivity contribution in [3.05, 3.63) is 60.3 Å². The van der Waals surface area contributed by atoms with Crippen molar-refractivity contribution in [2.45, 2.75) is 6.73 Å². The molecule has 1 aromatic carbocycles. The van der Waals surface area contributed by atoms with Crippen molar-refractivity contribution in [3.8, 4) is 5.75 Å². The predicted octanol–water partition coefficient (Wildman–Crippen LogP) is 5.52. The fourth-order valence-electron chi connectivity index (χ4n) is 1.82. The molecular formula is C15H10Br3N3O2S. The summed E-state index contributed by atoms with van der Waals surface area (Å²) in [6, 6.07) is 9.30. The summed E-state index contributed by atoms with van der Waals surface area (Å²) in [6.07, 6.45) is 3.30. The second kappa shape index (κ2) is 7.81. The van der Waals surface area contributed by atoms with E-state index < -0.39 is 0 Å². The molecule has 0 radical (unpaired) electrons. The number of hydrogen-bond acceptors (Lipinski definition) is 4. The van der Waals surface area contributed by atoms with Crippen LogP contribution in [0.3, 0.4) is 0 Å². The summed E-state index contributed by atoms with van der Waals surface area (Å²) in [5.74, 6) is 0.562. The summed E-state index contributed by atoms with van der Waals surface area (Å²) in [4.78, 5) is 12.8. The summed E-state index contributed by atoms with van der Waals surface area (Å²) < 4.78 is 9.96. The van der Waals surface area contributed by atoms with Gasteiger partial charge in [0.1, 0.15) is 5.75 Å². The van der Waals surface area contributed by atoms with Crippen LogP contribution >= 0.6 is 59.1 Å². The zero-order valence-electron chi connectivity index (χ0n) is 12.0. The van der Waals surface area contributed by atoms with E-state index in [0.717, 1.165) is 18.5 Å². The number of carbonyl (C=O) groups is 1. The van der Waals surface area contributed by atoms with Crippen molar-refractivity contribution in [3.63, 3.8) is 0 Å². The smallest absolute Gasteiger partial charge is 0.265 e. The lowest BCUT2D eigenvalue weighted by Gasteiger charge is -2.05. The Morgan fingerprint density at radius 1 is 1.25 bits per heavy atom. The number of halogens is 3. The van der Waals surface area contributed by atoms with E-state index in [0.29, 0.717) is 10.6 Å². The van der Waals surface area contributed by atoms with Crippen molar-refractivity contribution in [1.82, 2.24) is 9.78 Å². The number of carbonyl (C=O) groups excluding carboxylic acids is 1. The molecule has 3 rings (SSSR count). The molecule has 3 aromatic rings. The molecule has 1 N–H and O–H groups in total. The first-order valence-corrected chi connectivity index (χ1v) is 9.88. The number of aromatic nitrogens is 2. The molecule has 0 saturated heterocycles. The molecule has 5 nitrogen and oxygen atoms in total. The number of rotatable bonds is 5. The average Bonchev–Trinajstić information content (AvgIpc) is 3.14. The Bertz CT molecular complexity index is 842. The second-order valence-corrected chi connectivity index (χ2v) is 8.82. The molecule has 0 spiro atoms. The summed E-state index contributed by atoms with van der Waals surface area (Å²) in [5.41, 5.74) is 0.611. The number of ether oxygens (including phenoxy) is 1. The fraction of sp³-hybridized carbons (Fsp3) is 0.0667. The minimum Gasteiger partial charge on any atom is -0.471 e. The quantitative estimate of drug-likeness (QED) is 0.468. The maximum atomic E-state index is 12.2. The third-order valence-corrected chi connectivity index (χ3v) is 6.72. The average molecular weight is 536 g/mol. The number of nitrogens with zero attached hydrogens (tertiary/aromatic N) is 2. The Kier molecular flexibility index (Phi) is 5.75. The standard InChI is InChI=1S/C15H10Br3N3O2S/c16-9-1-3-11(4-2-9)23-8-21-7-10(6-19-21)20-15(22)13-5-12(17)14(18)24-13/h1-7H,8H2,(H,20,22). The van der Waals surface area contributed by atoms with E-state index in [1.807, 2.05) is 24.3 Å². The van der Waals surface area contributed by atoms with Gasteiger partial charge in [0, 0.05) is 8.95 Å². The Morgan fingerprint density at radius 2 is 2.00 bits per heavy atom. The largest absolute Gasteiger partial charge is 0.471 e. The van der Waals surface area contributed by atoms with Gasteiger partial charge in [-0.3, -0.25) is 4.79 Å². The lowest BCUT2D eigenvalue weighted by Crippen LogP contribution is -2.09. The normalized spacial score (nSPS) is 10.6. The monoisotopic (exact) mass is 533 g/mol. The molecule has 2 aromatic heterocycles. The molecule has 0 atom stereocenters. The summed E-state index contributed by atoms with van der Waals surface area (Å²) in [7, 11) is 0. The van der Waals surface area contributed by atoms with Gasteiger partial charge in [-0.15, -0.1) is 11.3 Å². The maximum Gasteiger partial charge on any atom is 0.265 e. The number of nitrogens with one attached hydrogen (secondary N) is 1. The van der Waals surface area contributed by atoms with Gasteiger partial charge in [-0.05, 0) is 62.2 Å². The molecule has 0 unspecified atom stereocenters. The highest BCUT2D eigenvalue weighted by atomic mass is 79.9. The number of anilines is 1. The van der Waals surface area contributed by atoms with Crippen LogP contribution in [0.1, 0.15) is 9.67 Å². The molecule has 0 aliphatic rings. The minimum absolute atomic E-state index is 0.181. The number of benzene rings is 1. The lowest BCUT2D eigenvalue weighted by molar-refractivity contribution is 0.103. The number of thiophene rings is 1. The van der Waals surface area contributed by atoms with Gasteiger partial charge in [0.05, 0.1) is 26.7 Å². The van der Waals surface area contributed by atoms with E-state index >= 15 is 0 Å². The van der Waals surface area contributed by atoms with Crippen LogP contribution in [0.5, 0.6) is 5.75 Å². The molecule has 0 bridgehead atoms. The minimum atomic E-state index is -0.181. The molecular weight excluding hydrogens is 526 g/mol. The van der Waals surface area contributed by atoms with Crippen molar-refractivity contribution < 1.29 is 9.53 Å². The number of hydrogen-bond donors (Lipinski definition) is 1. The van der Waals surface area contributed by atoms with Gasteiger partial charge in [0.2, 0.25) is 0 Å². The van der Waals surface area contributed by atoms with Crippen LogP contribution in [0.4, 0.5) is 5.69 Å². The summed E-state index contributed by atoms with van der Waals surface area (Å²) >= 11 is 11.5. The van der Waals surface area contributed by atoms with Crippen LogP contribution in [0.2, 0.25) is 0 Å². The van der Waals surface area contributed by atoms with Gasteiger partial charge in [-0.1, -0.05) is 15.9 Å². The zero-order chi connectivity index (χ0) is 17.1. The third-order valence-electron chi connectivity index (χ3n) is 2.94. The first kappa shape index (κ1) is 17.7. The van der Waals surface area contributed by atoms with Crippen molar-refractivity contribution in [2.75, 3.05) is 5.32 Å². The molecule has 0 aliphatic carbocycles. The van der Waals surface area contributed by atoms with Gasteiger partial charge < -0.3 is 10.1 Å². The van der Waals surface area contributed by atoms with E-state index in [9.17, 15) is 4.79 Å². The van der Waals surface area contributed by atoms with Crippen LogP contribution in [-0.4, -0.2) is 15.7 Å². The van der Waals surface area contributed by atoms with Crippen molar-refractivity contribution in [2.24, 2.45) is 0 Å². The summed E-state index contributed by atoms with van der Waals surface area (Å²) in [5, 5.41) is 6.98. The van der Waals surface area contributed by atoms with Gasteiger partial charge in [-0.2, -0.15) is 5.10 Å². The molecule has 0 saturated carbocycles. The van der Waals surface area contributed by atoms with E-state index in [4.69, 9.17) is 4.74 Å². The molecule has 24 heavy (non-hydrogen) atoms. The van der Waals surface area contributed by atoms with Crippen LogP contribution in [-0.2, 0) is 6.73 Å². The fourth-order valence-corrected chi connectivity index (χ4v) is 4.02. The zero-order valence-corrected chi connectivity index (χ0v) is 17.6. The second-order valence-electron chi connectivity index (χ2n) is 4.68. The van der Waals surface area contributed by atoms with E-state index in [2.05, 4.69) is 58.2 Å². The molecule has 0 fully saturated rings. The van der Waals surface area contributed by atoms with Gasteiger partial charge in [0.25, 0.3) is 5.91 Å². The molecule has 2 heterocycles. The first-order chi connectivity index (χ1) is 11.5. The third kappa shape index (κ3) is 4.47. The predicted molar refractivity (Wildman–Crippen MR) is 105 cm³/mol. The first-order valence-electron chi connectivity index (χ1n) is 6.68. The van der Waals surface area contributed by atoms with Crippen LogP contribution in [0.15, 0.2) is 55.5 Å². The number of amides is 1. The summed E-state index contributed by atoms with van der Waals surface area (Å²) in [6.45, 7) is 0.258. The van der Waals surface area contributed by atoms with Gasteiger partial charge in [0.15, 0.2) is 6.73 Å². The van der Waals surface area contributed by atoms with E-state index in [1.54, 1.807) is 23.1 Å². The van der Waals surface area contributed by atoms with Crippen molar-refractivity contribution >= 4 is 70.7 Å². The van der Waals surface area contributed by atoms with Crippen molar-refractivity contribution in [1.29, 1.82) is 0 Å². The SMILES string of the molecule is O=C(Nc1cnn(COc2ccc(Br)cc2)c1)c1cc(Br)c(Br)s1. The molecule has 9 heteroatoms. The van der Waals surface area contributed by atoms with Gasteiger partial charge >= 0.3 is 0 Å². The van der Waals surface area contributed by atoms with Crippen LogP contribution in [0, 0.1) is 0 Å². The Hall–Kier alpha value is -1.16. The highest BCUT2D eigenvalue weighted by molar-refractivity contribution is 9.13. The lowest BCUT2D eigenvalue weighted by atomic mass is 10.3. The highest BCUT2D eigenvalue weighted by Gasteiger charge is 2.13. The molecule has 124 valence electrons. The molecule has 1 amide bonds. The Labute approximate surface area is 167 Å².